The Bertz CT molecular complexity index is 332. The van der Waals surface area contributed by atoms with Crippen LogP contribution < -0.4 is 0 Å². The van der Waals surface area contributed by atoms with E-state index >= 15 is 0 Å². The van der Waals surface area contributed by atoms with Crippen LogP contribution in [0.1, 0.15) is 6.92 Å². The van der Waals surface area contributed by atoms with Gasteiger partial charge in [-0.2, -0.15) is 10.5 Å². The minimum absolute atomic E-state index is 0.593. The fraction of sp³-hybridized carbons (Fsp3) is 0.667. The molecule has 1 fully saturated rings. The van der Waals surface area contributed by atoms with Gasteiger partial charge in [-0.25, -0.2) is 0 Å². The van der Waals surface area contributed by atoms with Crippen molar-refractivity contribution in [1.29, 1.82) is 10.5 Å². The predicted molar refractivity (Wildman–Crippen MR) is 68.4 cm³/mol. The van der Waals surface area contributed by atoms with Gasteiger partial charge >= 0.3 is 0 Å². The number of fused-ring (bicyclic) bond motifs is 2. The SMILES string of the molecule is CC1C2C=CC1C(CSC#N)C2CSC#N. The van der Waals surface area contributed by atoms with E-state index in [1.807, 2.05) is 0 Å². The van der Waals surface area contributed by atoms with Gasteiger partial charge in [-0.05, 0) is 53.1 Å². The van der Waals surface area contributed by atoms with Crippen molar-refractivity contribution in [1.82, 2.24) is 0 Å². The Morgan fingerprint density at radius 1 is 1.00 bits per heavy atom. The molecule has 2 aliphatic carbocycles. The highest BCUT2D eigenvalue weighted by atomic mass is 32.2. The van der Waals surface area contributed by atoms with Gasteiger partial charge in [0.25, 0.3) is 0 Å². The molecule has 2 rings (SSSR count). The molecule has 0 aromatic heterocycles. The van der Waals surface area contributed by atoms with Crippen LogP contribution >= 0.6 is 23.5 Å². The summed E-state index contributed by atoms with van der Waals surface area (Å²) >= 11 is 2.73. The van der Waals surface area contributed by atoms with Crippen LogP contribution in [0.4, 0.5) is 0 Å². The molecule has 16 heavy (non-hydrogen) atoms. The third kappa shape index (κ3) is 1.97. The first-order valence-electron chi connectivity index (χ1n) is 5.49. The summed E-state index contributed by atoms with van der Waals surface area (Å²) in [5.74, 6) is 5.00. The molecule has 0 aromatic rings. The smallest absolute Gasteiger partial charge is 0.133 e. The molecule has 84 valence electrons. The van der Waals surface area contributed by atoms with Crippen molar-refractivity contribution in [3.05, 3.63) is 12.2 Å². The third-order valence-corrected chi connectivity index (χ3v) is 5.35. The normalized spacial score (nSPS) is 39.6. The lowest BCUT2D eigenvalue weighted by atomic mass is 9.86. The van der Waals surface area contributed by atoms with Crippen LogP contribution in [0, 0.1) is 50.9 Å². The molecule has 0 aliphatic heterocycles. The number of hydrogen-bond donors (Lipinski definition) is 0. The molecule has 4 unspecified atom stereocenters. The maximum Gasteiger partial charge on any atom is 0.133 e. The Morgan fingerprint density at radius 2 is 1.44 bits per heavy atom. The lowest BCUT2D eigenvalue weighted by Gasteiger charge is -2.25. The topological polar surface area (TPSA) is 47.6 Å². The quantitative estimate of drug-likeness (QED) is 0.568. The fourth-order valence-electron chi connectivity index (χ4n) is 3.24. The molecule has 4 atom stereocenters. The maximum absolute atomic E-state index is 8.66. The zero-order valence-corrected chi connectivity index (χ0v) is 10.8. The van der Waals surface area contributed by atoms with Gasteiger partial charge in [0, 0.05) is 11.5 Å². The fourth-order valence-corrected chi connectivity index (χ4v) is 4.71. The lowest BCUT2D eigenvalue weighted by molar-refractivity contribution is 0.378. The number of nitrogens with zero attached hydrogens (tertiary/aromatic N) is 2. The molecule has 0 amide bonds. The Morgan fingerprint density at radius 3 is 1.81 bits per heavy atom. The van der Waals surface area contributed by atoms with Crippen molar-refractivity contribution in [2.75, 3.05) is 11.5 Å². The Labute approximate surface area is 105 Å². The van der Waals surface area contributed by atoms with Crippen LogP contribution in [0.25, 0.3) is 0 Å². The van der Waals surface area contributed by atoms with Gasteiger partial charge in [0.05, 0.1) is 0 Å². The molecule has 0 radical (unpaired) electrons. The van der Waals surface area contributed by atoms with Crippen LogP contribution in [0.2, 0.25) is 0 Å². The summed E-state index contributed by atoms with van der Waals surface area (Å²) in [6, 6.07) is 0. The number of thiocyanates is 2. The molecule has 2 nitrogen and oxygen atoms in total. The summed E-state index contributed by atoms with van der Waals surface area (Å²) in [7, 11) is 0. The molecular weight excluding hydrogens is 236 g/mol. The van der Waals surface area contributed by atoms with Crippen LogP contribution in [-0.2, 0) is 0 Å². The Hall–Kier alpha value is -0.580. The molecule has 1 saturated carbocycles. The van der Waals surface area contributed by atoms with Crippen molar-refractivity contribution in [2.45, 2.75) is 6.92 Å². The maximum atomic E-state index is 8.66. The average Bonchev–Trinajstić information content (AvgIpc) is 2.77. The van der Waals surface area contributed by atoms with Crippen LogP contribution in [0.15, 0.2) is 12.2 Å². The summed E-state index contributed by atoms with van der Waals surface area (Å²) < 4.78 is 0. The number of thioether (sulfide) groups is 2. The molecule has 2 aliphatic rings. The average molecular weight is 250 g/mol. The van der Waals surface area contributed by atoms with Crippen molar-refractivity contribution in [2.24, 2.45) is 29.6 Å². The van der Waals surface area contributed by atoms with E-state index in [0.717, 1.165) is 11.5 Å². The monoisotopic (exact) mass is 250 g/mol. The molecule has 0 heterocycles. The number of allylic oxidation sites excluding steroid dienone is 2. The van der Waals surface area contributed by atoms with E-state index in [4.69, 9.17) is 10.5 Å². The Balaban J connectivity index is 2.06. The van der Waals surface area contributed by atoms with E-state index in [1.165, 1.54) is 23.5 Å². The van der Waals surface area contributed by atoms with Gasteiger partial charge in [0.15, 0.2) is 0 Å². The molecule has 4 heteroatoms. The highest BCUT2D eigenvalue weighted by Gasteiger charge is 2.48. The highest BCUT2D eigenvalue weighted by Crippen LogP contribution is 2.53. The van der Waals surface area contributed by atoms with E-state index in [0.29, 0.717) is 29.6 Å². The molecule has 2 bridgehead atoms. The number of hydrogen-bond acceptors (Lipinski definition) is 4. The van der Waals surface area contributed by atoms with Gasteiger partial charge in [0.1, 0.15) is 10.8 Å². The summed E-state index contributed by atoms with van der Waals surface area (Å²) in [4.78, 5) is 0. The number of nitriles is 2. The predicted octanol–water partition coefficient (Wildman–Crippen LogP) is 3.10. The van der Waals surface area contributed by atoms with Gasteiger partial charge in [-0.1, -0.05) is 19.1 Å². The van der Waals surface area contributed by atoms with E-state index in [2.05, 4.69) is 29.9 Å². The van der Waals surface area contributed by atoms with Crippen LogP contribution in [0.3, 0.4) is 0 Å². The summed E-state index contributed by atoms with van der Waals surface area (Å²) in [6.45, 7) is 2.30. The van der Waals surface area contributed by atoms with Gasteiger partial charge in [-0.3, -0.25) is 0 Å². The molecule has 0 spiro atoms. The highest BCUT2D eigenvalue weighted by molar-refractivity contribution is 8.04. The molecule has 0 aromatic carbocycles. The first-order chi connectivity index (χ1) is 7.79. The van der Waals surface area contributed by atoms with Crippen LogP contribution in [-0.4, -0.2) is 11.5 Å². The van der Waals surface area contributed by atoms with Gasteiger partial charge in [0.2, 0.25) is 0 Å². The van der Waals surface area contributed by atoms with Gasteiger partial charge in [-0.15, -0.1) is 0 Å². The second-order valence-electron chi connectivity index (χ2n) is 4.53. The first kappa shape index (κ1) is 11.9. The second-order valence-corrected chi connectivity index (χ2v) is 6.14. The van der Waals surface area contributed by atoms with E-state index in [1.54, 1.807) is 0 Å². The van der Waals surface area contributed by atoms with E-state index < -0.39 is 0 Å². The molecule has 0 saturated heterocycles. The van der Waals surface area contributed by atoms with Gasteiger partial charge < -0.3 is 0 Å². The zero-order chi connectivity index (χ0) is 11.5. The Kier molecular flexibility index (Phi) is 3.84. The lowest BCUT2D eigenvalue weighted by Crippen LogP contribution is -2.23. The third-order valence-electron chi connectivity index (χ3n) is 3.99. The van der Waals surface area contributed by atoms with Crippen molar-refractivity contribution in [3.8, 4) is 10.8 Å². The largest absolute Gasteiger partial charge is 0.185 e. The summed E-state index contributed by atoms with van der Waals surface area (Å²) in [5.41, 5.74) is 0. The van der Waals surface area contributed by atoms with Crippen molar-refractivity contribution < 1.29 is 0 Å². The molecular formula is C12H14N2S2. The minimum Gasteiger partial charge on any atom is -0.185 e. The van der Waals surface area contributed by atoms with E-state index in [-0.39, 0.29) is 0 Å². The standard InChI is InChI=1S/C12H14N2S2/c1-8-9-2-3-10(8)12(5-16-7-14)11(9)4-15-6-13/h2-3,8-12H,4-5H2,1H3. The van der Waals surface area contributed by atoms with Crippen molar-refractivity contribution >= 4 is 23.5 Å². The van der Waals surface area contributed by atoms with Crippen LogP contribution in [0.5, 0.6) is 0 Å². The number of rotatable bonds is 4. The second kappa shape index (κ2) is 5.17. The zero-order valence-electron chi connectivity index (χ0n) is 9.17. The first-order valence-corrected chi connectivity index (χ1v) is 7.46. The summed E-state index contributed by atoms with van der Waals surface area (Å²) in [6.07, 6.45) is 4.65. The van der Waals surface area contributed by atoms with E-state index in [9.17, 15) is 0 Å². The molecule has 0 N–H and O–H groups in total. The van der Waals surface area contributed by atoms with Crippen molar-refractivity contribution in [3.63, 3.8) is 0 Å². The minimum atomic E-state index is 0.593. The summed E-state index contributed by atoms with van der Waals surface area (Å²) in [5, 5.41) is 21.7.